The summed E-state index contributed by atoms with van der Waals surface area (Å²) in [7, 11) is -2.88. The van der Waals surface area contributed by atoms with Crippen molar-refractivity contribution in [1.29, 1.82) is 0 Å². The molecule has 1 aromatic heterocycles. The predicted octanol–water partition coefficient (Wildman–Crippen LogP) is 1.65. The highest BCUT2D eigenvalue weighted by molar-refractivity contribution is 7.91. The van der Waals surface area contributed by atoms with Crippen molar-refractivity contribution in [3.8, 4) is 0 Å². The van der Waals surface area contributed by atoms with E-state index in [1.807, 2.05) is 13.0 Å². The first-order chi connectivity index (χ1) is 8.94. The second-order valence-corrected chi connectivity index (χ2v) is 8.44. The zero-order chi connectivity index (χ0) is 14.0. The predicted molar refractivity (Wildman–Crippen MR) is 80.1 cm³/mol. The third kappa shape index (κ3) is 3.37. The highest BCUT2D eigenvalue weighted by atomic mass is 32.2. The quantitative estimate of drug-likeness (QED) is 0.918. The van der Waals surface area contributed by atoms with Crippen molar-refractivity contribution in [3.05, 3.63) is 22.4 Å². The van der Waals surface area contributed by atoms with Gasteiger partial charge in [-0.2, -0.15) is 0 Å². The first-order valence-electron chi connectivity index (χ1n) is 6.69. The molecular weight excluding hydrogens is 280 g/mol. The molecule has 108 valence electrons. The van der Waals surface area contributed by atoms with Gasteiger partial charge < -0.3 is 5.73 Å². The Kier molecular flexibility index (Phi) is 4.66. The summed E-state index contributed by atoms with van der Waals surface area (Å²) in [6.45, 7) is 4.65. The molecule has 3 unspecified atom stereocenters. The Hall–Kier alpha value is -0.430. The molecule has 2 heterocycles. The fourth-order valence-corrected chi connectivity index (χ4v) is 5.23. The second-order valence-electron chi connectivity index (χ2n) is 5.23. The smallest absolute Gasteiger partial charge is 0.153 e. The molecule has 0 spiro atoms. The van der Waals surface area contributed by atoms with E-state index in [0.717, 1.165) is 6.42 Å². The Bertz CT molecular complexity index is 499. The molecule has 6 heteroatoms. The molecule has 19 heavy (non-hydrogen) atoms. The van der Waals surface area contributed by atoms with E-state index in [1.165, 1.54) is 4.88 Å². The normalized spacial score (nSPS) is 27.0. The van der Waals surface area contributed by atoms with Crippen LogP contribution in [0.2, 0.25) is 0 Å². The summed E-state index contributed by atoms with van der Waals surface area (Å²) < 4.78 is 23.4. The van der Waals surface area contributed by atoms with Crippen LogP contribution >= 0.6 is 11.3 Å². The van der Waals surface area contributed by atoms with Crippen molar-refractivity contribution in [1.82, 2.24) is 4.90 Å². The van der Waals surface area contributed by atoms with Gasteiger partial charge in [-0.3, -0.25) is 4.90 Å². The average molecular weight is 302 g/mol. The summed E-state index contributed by atoms with van der Waals surface area (Å²) in [5.41, 5.74) is 6.28. The van der Waals surface area contributed by atoms with Crippen LogP contribution in [-0.4, -0.2) is 43.5 Å². The highest BCUT2D eigenvalue weighted by Crippen LogP contribution is 2.32. The summed E-state index contributed by atoms with van der Waals surface area (Å²) in [4.78, 5) is 3.50. The number of sulfone groups is 1. The first-order valence-corrected chi connectivity index (χ1v) is 9.40. The van der Waals surface area contributed by atoms with E-state index < -0.39 is 9.84 Å². The van der Waals surface area contributed by atoms with Crippen LogP contribution in [0, 0.1) is 0 Å². The van der Waals surface area contributed by atoms with Gasteiger partial charge in [0, 0.05) is 23.5 Å². The molecule has 2 N–H and O–H groups in total. The van der Waals surface area contributed by atoms with E-state index in [-0.39, 0.29) is 29.6 Å². The molecule has 1 fully saturated rings. The van der Waals surface area contributed by atoms with Crippen molar-refractivity contribution in [2.45, 2.75) is 38.4 Å². The number of hydrogen-bond acceptors (Lipinski definition) is 5. The lowest BCUT2D eigenvalue weighted by molar-refractivity contribution is 0.136. The highest BCUT2D eigenvalue weighted by Gasteiger charge is 2.35. The van der Waals surface area contributed by atoms with E-state index in [1.54, 1.807) is 11.3 Å². The molecule has 2 rings (SSSR count). The van der Waals surface area contributed by atoms with Crippen LogP contribution in [0.5, 0.6) is 0 Å². The summed E-state index contributed by atoms with van der Waals surface area (Å²) in [5.74, 6) is 0.487. The van der Waals surface area contributed by atoms with Gasteiger partial charge in [0.15, 0.2) is 9.84 Å². The van der Waals surface area contributed by atoms with Gasteiger partial charge in [-0.15, -0.1) is 11.3 Å². The van der Waals surface area contributed by atoms with E-state index in [4.69, 9.17) is 5.73 Å². The van der Waals surface area contributed by atoms with Gasteiger partial charge in [0.1, 0.15) is 0 Å². The number of thiophene rings is 1. The Morgan fingerprint density at radius 2 is 2.32 bits per heavy atom. The van der Waals surface area contributed by atoms with Gasteiger partial charge in [0.2, 0.25) is 0 Å². The molecule has 0 radical (unpaired) electrons. The monoisotopic (exact) mass is 302 g/mol. The molecule has 0 saturated carbocycles. The molecule has 1 saturated heterocycles. The molecule has 0 aromatic carbocycles. The minimum Gasteiger partial charge on any atom is -0.326 e. The van der Waals surface area contributed by atoms with Crippen molar-refractivity contribution in [2.75, 3.05) is 18.1 Å². The van der Waals surface area contributed by atoms with Gasteiger partial charge in [0.05, 0.1) is 17.5 Å². The van der Waals surface area contributed by atoms with Crippen molar-refractivity contribution >= 4 is 21.2 Å². The lowest BCUT2D eigenvalue weighted by Crippen LogP contribution is -2.52. The summed E-state index contributed by atoms with van der Waals surface area (Å²) >= 11 is 1.70. The lowest BCUT2D eigenvalue weighted by atomic mass is 10.0. The standard InChI is InChI=1S/C13H22N2O2S2/c1-3-11(14)13(12-5-4-7-18-12)15-6-8-19(16,17)9-10(15)2/h4-5,7,10-11,13H,3,6,8-9,14H2,1-2H3. The second kappa shape index (κ2) is 5.91. The van der Waals surface area contributed by atoms with Crippen molar-refractivity contribution in [3.63, 3.8) is 0 Å². The number of rotatable bonds is 4. The minimum atomic E-state index is -2.88. The maximum absolute atomic E-state index is 11.7. The molecule has 1 aliphatic rings. The SMILES string of the molecule is CCC(N)C(c1cccs1)N1CCS(=O)(=O)CC1C. The summed E-state index contributed by atoms with van der Waals surface area (Å²) in [6, 6.07) is 4.34. The van der Waals surface area contributed by atoms with Gasteiger partial charge in [0.25, 0.3) is 0 Å². The van der Waals surface area contributed by atoms with Gasteiger partial charge in [-0.05, 0) is 24.8 Å². The third-order valence-electron chi connectivity index (χ3n) is 3.79. The molecule has 0 aliphatic carbocycles. The van der Waals surface area contributed by atoms with Crippen LogP contribution in [0.15, 0.2) is 17.5 Å². The third-order valence-corrected chi connectivity index (χ3v) is 6.53. The van der Waals surface area contributed by atoms with E-state index in [9.17, 15) is 8.42 Å². The Balaban J connectivity index is 2.25. The minimum absolute atomic E-state index is 0.0310. The van der Waals surface area contributed by atoms with Crippen LogP contribution in [0.25, 0.3) is 0 Å². The van der Waals surface area contributed by atoms with E-state index in [2.05, 4.69) is 23.3 Å². The molecule has 0 bridgehead atoms. The van der Waals surface area contributed by atoms with Crippen LogP contribution in [-0.2, 0) is 9.84 Å². The topological polar surface area (TPSA) is 63.4 Å². The van der Waals surface area contributed by atoms with E-state index in [0.29, 0.717) is 6.54 Å². The molecular formula is C13H22N2O2S2. The van der Waals surface area contributed by atoms with Crippen LogP contribution in [0.1, 0.15) is 31.2 Å². The summed E-state index contributed by atoms with van der Waals surface area (Å²) in [6.07, 6.45) is 0.887. The maximum Gasteiger partial charge on any atom is 0.153 e. The largest absolute Gasteiger partial charge is 0.326 e. The Morgan fingerprint density at radius 3 is 2.84 bits per heavy atom. The lowest BCUT2D eigenvalue weighted by Gasteiger charge is -2.41. The Morgan fingerprint density at radius 1 is 1.58 bits per heavy atom. The van der Waals surface area contributed by atoms with Crippen LogP contribution < -0.4 is 5.73 Å². The van der Waals surface area contributed by atoms with Gasteiger partial charge >= 0.3 is 0 Å². The number of nitrogens with two attached hydrogens (primary N) is 1. The summed E-state index contributed by atoms with van der Waals surface area (Å²) in [5, 5.41) is 2.05. The molecule has 1 aromatic rings. The fourth-order valence-electron chi connectivity index (χ4n) is 2.73. The first kappa shape index (κ1) is 15.0. The molecule has 4 nitrogen and oxygen atoms in total. The van der Waals surface area contributed by atoms with Gasteiger partial charge in [-0.25, -0.2) is 8.42 Å². The number of nitrogens with zero attached hydrogens (tertiary/aromatic N) is 1. The number of hydrogen-bond donors (Lipinski definition) is 1. The van der Waals surface area contributed by atoms with E-state index >= 15 is 0 Å². The van der Waals surface area contributed by atoms with Crippen molar-refractivity contribution < 1.29 is 8.42 Å². The zero-order valence-corrected chi connectivity index (χ0v) is 13.1. The fraction of sp³-hybridized carbons (Fsp3) is 0.692. The molecule has 3 atom stereocenters. The molecule has 0 amide bonds. The van der Waals surface area contributed by atoms with Crippen molar-refractivity contribution in [2.24, 2.45) is 5.73 Å². The zero-order valence-electron chi connectivity index (χ0n) is 11.5. The Labute approximate surface area is 119 Å². The maximum atomic E-state index is 11.7. The van der Waals surface area contributed by atoms with Crippen LogP contribution in [0.4, 0.5) is 0 Å². The van der Waals surface area contributed by atoms with Gasteiger partial charge in [-0.1, -0.05) is 13.0 Å². The average Bonchev–Trinajstić information content (AvgIpc) is 2.84. The van der Waals surface area contributed by atoms with Crippen LogP contribution in [0.3, 0.4) is 0 Å². The molecule has 1 aliphatic heterocycles.